The van der Waals surface area contributed by atoms with Crippen molar-refractivity contribution < 1.29 is 23.5 Å². The lowest BCUT2D eigenvalue weighted by Gasteiger charge is -2.37. The highest BCUT2D eigenvalue weighted by atomic mass is 19.1. The van der Waals surface area contributed by atoms with Crippen molar-refractivity contribution in [2.45, 2.75) is 63.0 Å². The van der Waals surface area contributed by atoms with Gasteiger partial charge in [-0.3, -0.25) is 14.6 Å². The molecule has 0 bridgehead atoms. The van der Waals surface area contributed by atoms with E-state index in [2.05, 4.69) is 32.1 Å². The number of hydrogen-bond donors (Lipinski definition) is 4. The number of pyridine rings is 1. The van der Waals surface area contributed by atoms with E-state index >= 15 is 0 Å². The summed E-state index contributed by atoms with van der Waals surface area (Å²) < 4.78 is 29.8. The molecule has 210 valence electrons. The Morgan fingerprint density at radius 2 is 2.00 bits per heavy atom. The summed E-state index contributed by atoms with van der Waals surface area (Å²) in [6.45, 7) is 2.67. The van der Waals surface area contributed by atoms with E-state index in [4.69, 9.17) is 5.26 Å². The second-order valence-corrected chi connectivity index (χ2v) is 11.2. The fourth-order valence-corrected chi connectivity index (χ4v) is 4.65. The van der Waals surface area contributed by atoms with Gasteiger partial charge in [-0.1, -0.05) is 0 Å². The number of alkyl halides is 2. The second kappa shape index (κ2) is 10.5. The maximum absolute atomic E-state index is 14.3. The molecule has 2 aliphatic carbocycles. The number of halogens is 2. The van der Waals surface area contributed by atoms with Crippen molar-refractivity contribution in [2.75, 3.05) is 18.4 Å². The predicted octanol–water partition coefficient (Wildman–Crippen LogP) is 2.92. The second-order valence-electron chi connectivity index (χ2n) is 11.2. The van der Waals surface area contributed by atoms with Crippen molar-refractivity contribution in [3.05, 3.63) is 47.8 Å². The highest BCUT2D eigenvalue weighted by molar-refractivity contribution is 6.00. The Hall–Kier alpha value is -4.11. The molecule has 40 heavy (non-hydrogen) atoms. The minimum Gasteiger partial charge on any atom is -0.387 e. The number of rotatable bonds is 10. The van der Waals surface area contributed by atoms with Gasteiger partial charge in [-0.2, -0.15) is 10.4 Å². The van der Waals surface area contributed by atoms with Gasteiger partial charge in [0.15, 0.2) is 5.67 Å². The molecule has 2 aliphatic rings. The zero-order valence-corrected chi connectivity index (χ0v) is 22.2. The number of aromatic nitrogens is 3. The summed E-state index contributed by atoms with van der Waals surface area (Å²) in [5.74, 6) is -0.922. The monoisotopic (exact) mass is 551 g/mol. The van der Waals surface area contributed by atoms with E-state index < -0.39 is 29.3 Å². The molecule has 0 saturated heterocycles. The van der Waals surface area contributed by atoms with Crippen LogP contribution >= 0.6 is 0 Å². The lowest BCUT2D eigenvalue weighted by molar-refractivity contribution is -0.127. The van der Waals surface area contributed by atoms with Gasteiger partial charge in [0, 0.05) is 18.8 Å². The minimum atomic E-state index is -1.70. The number of nitrogens with zero attached hydrogens (tertiary/aromatic N) is 4. The molecule has 12 heteroatoms. The third kappa shape index (κ3) is 5.74. The van der Waals surface area contributed by atoms with E-state index in [1.165, 1.54) is 26.2 Å². The van der Waals surface area contributed by atoms with Crippen LogP contribution in [-0.2, 0) is 4.79 Å². The summed E-state index contributed by atoms with van der Waals surface area (Å²) in [5.41, 5.74) is -0.316. The van der Waals surface area contributed by atoms with E-state index in [9.17, 15) is 23.5 Å². The maximum Gasteiger partial charge on any atom is 0.257 e. The molecule has 2 fully saturated rings. The lowest BCUT2D eigenvalue weighted by Crippen LogP contribution is -2.44. The minimum absolute atomic E-state index is 0.00497. The van der Waals surface area contributed by atoms with Gasteiger partial charge < -0.3 is 21.1 Å². The van der Waals surface area contributed by atoms with E-state index in [-0.39, 0.29) is 36.9 Å². The van der Waals surface area contributed by atoms with Crippen molar-refractivity contribution in [3.63, 3.8) is 0 Å². The first-order chi connectivity index (χ1) is 19.0. The summed E-state index contributed by atoms with van der Waals surface area (Å²) in [5, 5.41) is 32.0. The predicted molar refractivity (Wildman–Crippen MR) is 143 cm³/mol. The summed E-state index contributed by atoms with van der Waals surface area (Å²) in [6, 6.07) is 9.10. The SMILES string of the molecule is CC(C)(O)C(F)CNC(=O)c1cnc(-c2ccc3cc(C#N)cnn23)cc1NC1CC(CNC(=O)C2(F)CC2)C1. The van der Waals surface area contributed by atoms with Crippen LogP contribution in [0.3, 0.4) is 0 Å². The number of carbonyl (C=O) groups excluding carboxylic acids is 2. The zero-order valence-electron chi connectivity index (χ0n) is 22.2. The van der Waals surface area contributed by atoms with Crippen molar-refractivity contribution >= 4 is 23.0 Å². The Morgan fingerprint density at radius 1 is 1.25 bits per heavy atom. The van der Waals surface area contributed by atoms with Crippen LogP contribution in [0, 0.1) is 17.2 Å². The van der Waals surface area contributed by atoms with Crippen LogP contribution in [0.15, 0.2) is 36.7 Å². The average Bonchev–Trinajstić information content (AvgIpc) is 3.52. The molecule has 2 amide bonds. The molecule has 10 nitrogen and oxygen atoms in total. The van der Waals surface area contributed by atoms with Crippen LogP contribution in [-0.4, -0.2) is 68.1 Å². The average molecular weight is 552 g/mol. The molecule has 0 aliphatic heterocycles. The molecule has 1 atom stereocenters. The van der Waals surface area contributed by atoms with Gasteiger partial charge in [-0.05, 0) is 69.7 Å². The summed E-state index contributed by atoms with van der Waals surface area (Å²) >= 11 is 0. The highest BCUT2D eigenvalue weighted by Gasteiger charge is 2.51. The van der Waals surface area contributed by atoms with Crippen molar-refractivity contribution in [2.24, 2.45) is 5.92 Å². The molecule has 2 saturated carbocycles. The smallest absolute Gasteiger partial charge is 0.257 e. The molecule has 3 aromatic heterocycles. The normalized spacial score (nSPS) is 20.2. The quantitative estimate of drug-likeness (QED) is 0.303. The first kappa shape index (κ1) is 27.5. The topological polar surface area (TPSA) is 144 Å². The fraction of sp³-hybridized carbons (Fsp3) is 0.464. The van der Waals surface area contributed by atoms with E-state index in [0.717, 1.165) is 0 Å². The molecule has 1 unspecified atom stereocenters. The van der Waals surface area contributed by atoms with Gasteiger partial charge in [0.25, 0.3) is 11.8 Å². The van der Waals surface area contributed by atoms with Gasteiger partial charge in [0.05, 0.1) is 52.1 Å². The van der Waals surface area contributed by atoms with Crippen molar-refractivity contribution in [1.29, 1.82) is 5.26 Å². The Bertz CT molecular complexity index is 1480. The number of nitrogens with one attached hydrogen (secondary N) is 3. The van der Waals surface area contributed by atoms with Gasteiger partial charge in [0.1, 0.15) is 12.2 Å². The Morgan fingerprint density at radius 3 is 2.67 bits per heavy atom. The third-order valence-electron chi connectivity index (χ3n) is 7.49. The van der Waals surface area contributed by atoms with Gasteiger partial charge in [0.2, 0.25) is 0 Å². The number of aliphatic hydroxyl groups is 1. The van der Waals surface area contributed by atoms with Gasteiger partial charge in [-0.25, -0.2) is 13.3 Å². The number of carbonyl (C=O) groups is 2. The first-order valence-electron chi connectivity index (χ1n) is 13.2. The summed E-state index contributed by atoms with van der Waals surface area (Å²) in [6.07, 6.45) is 3.14. The number of anilines is 1. The molecule has 0 radical (unpaired) electrons. The van der Waals surface area contributed by atoms with Gasteiger partial charge >= 0.3 is 0 Å². The van der Waals surface area contributed by atoms with E-state index in [0.29, 0.717) is 47.5 Å². The maximum atomic E-state index is 14.3. The van der Waals surface area contributed by atoms with Crippen molar-refractivity contribution in [3.8, 4) is 17.5 Å². The molecular weight excluding hydrogens is 520 g/mol. The fourth-order valence-electron chi connectivity index (χ4n) is 4.65. The number of hydrogen-bond acceptors (Lipinski definition) is 7. The Balaban J connectivity index is 1.33. The van der Waals surface area contributed by atoms with Crippen LogP contribution in [0.25, 0.3) is 16.9 Å². The van der Waals surface area contributed by atoms with E-state index in [1.807, 2.05) is 12.1 Å². The van der Waals surface area contributed by atoms with Crippen LogP contribution in [0.1, 0.15) is 55.5 Å². The van der Waals surface area contributed by atoms with Crippen LogP contribution in [0.4, 0.5) is 14.5 Å². The third-order valence-corrected chi connectivity index (χ3v) is 7.49. The Kier molecular flexibility index (Phi) is 7.18. The standard InChI is InChI=1S/C28H31F2N7O3/c1-27(2,40)24(29)15-33-25(38)20-14-32-22(23-4-3-19-9-17(11-31)13-35-37(19)23)10-21(20)36-18-7-16(8-18)12-34-26(39)28(30)5-6-28/h3-4,9-10,13-14,16,18,24,40H,5-8,12,15H2,1-2H3,(H,32,36)(H,33,38)(H,34,39). The number of nitriles is 1. The first-order valence-corrected chi connectivity index (χ1v) is 13.2. The summed E-state index contributed by atoms with van der Waals surface area (Å²) in [7, 11) is 0. The van der Waals surface area contributed by atoms with Gasteiger partial charge in [-0.15, -0.1) is 0 Å². The molecule has 5 rings (SSSR count). The van der Waals surface area contributed by atoms with E-state index in [1.54, 1.807) is 16.6 Å². The number of fused-ring (bicyclic) bond motifs is 1. The van der Waals surface area contributed by atoms with Crippen LogP contribution in [0.5, 0.6) is 0 Å². The summed E-state index contributed by atoms with van der Waals surface area (Å²) in [4.78, 5) is 29.4. The molecule has 4 N–H and O–H groups in total. The lowest BCUT2D eigenvalue weighted by atomic mass is 9.80. The molecule has 0 spiro atoms. The molecule has 3 aromatic rings. The van der Waals surface area contributed by atoms with Crippen LogP contribution < -0.4 is 16.0 Å². The molecular formula is C28H31F2N7O3. The highest BCUT2D eigenvalue weighted by Crippen LogP contribution is 2.40. The van der Waals surface area contributed by atoms with Crippen molar-refractivity contribution in [1.82, 2.24) is 25.2 Å². The Labute approximate surface area is 229 Å². The number of amides is 2. The largest absolute Gasteiger partial charge is 0.387 e. The molecule has 3 heterocycles. The van der Waals surface area contributed by atoms with Crippen LogP contribution in [0.2, 0.25) is 0 Å². The molecule has 0 aromatic carbocycles. The zero-order chi connectivity index (χ0) is 28.7.